The molecule has 0 aliphatic heterocycles. The Bertz CT molecular complexity index is 976. The number of hydrogen-bond acceptors (Lipinski definition) is 4. The third kappa shape index (κ3) is 5.91. The fourth-order valence-electron chi connectivity index (χ4n) is 2.99. The molecular formula is C24H26N2O4. The maximum absolute atomic E-state index is 12.4. The van der Waals surface area contributed by atoms with Crippen LogP contribution < -0.4 is 14.8 Å². The largest absolute Gasteiger partial charge is 0.508 e. The van der Waals surface area contributed by atoms with Gasteiger partial charge in [0.05, 0.1) is 7.11 Å². The van der Waals surface area contributed by atoms with Crippen molar-refractivity contribution in [3.8, 4) is 17.2 Å². The Morgan fingerprint density at radius 2 is 1.70 bits per heavy atom. The molecule has 3 aromatic carbocycles. The molecule has 2 N–H and O–H groups in total. The average molecular weight is 406 g/mol. The molecule has 0 spiro atoms. The third-order valence-electron chi connectivity index (χ3n) is 4.59. The van der Waals surface area contributed by atoms with Crippen LogP contribution in [0.15, 0.2) is 72.8 Å². The van der Waals surface area contributed by atoms with Gasteiger partial charge >= 0.3 is 6.03 Å². The summed E-state index contributed by atoms with van der Waals surface area (Å²) in [7, 11) is 3.32. The summed E-state index contributed by atoms with van der Waals surface area (Å²) >= 11 is 0. The molecule has 2 amide bonds. The Hall–Kier alpha value is -3.67. The van der Waals surface area contributed by atoms with E-state index in [-0.39, 0.29) is 11.8 Å². The number of carbonyl (C=O) groups excluding carboxylic acids is 1. The van der Waals surface area contributed by atoms with Gasteiger partial charge in [-0.15, -0.1) is 0 Å². The molecule has 0 heterocycles. The number of aromatic hydroxyl groups is 1. The highest BCUT2D eigenvalue weighted by atomic mass is 16.5. The lowest BCUT2D eigenvalue weighted by atomic mass is 10.2. The van der Waals surface area contributed by atoms with Crippen LogP contribution in [0, 0.1) is 0 Å². The zero-order valence-electron chi connectivity index (χ0n) is 17.2. The number of rotatable bonds is 8. The van der Waals surface area contributed by atoms with Gasteiger partial charge in [-0.05, 0) is 41.0 Å². The standard InChI is InChI=1S/C24H26N2O4/c1-26(24(28)25-15-19-9-6-10-21(27)13-19)16-20-11-12-22(23(14-20)29-2)30-17-18-7-4-3-5-8-18/h3-14,27H,15-17H2,1-2H3,(H,25,28). The number of amides is 2. The van der Waals surface area contributed by atoms with Gasteiger partial charge in [0, 0.05) is 20.1 Å². The zero-order valence-corrected chi connectivity index (χ0v) is 17.2. The fourth-order valence-corrected chi connectivity index (χ4v) is 2.99. The van der Waals surface area contributed by atoms with Crippen LogP contribution in [0.1, 0.15) is 16.7 Å². The van der Waals surface area contributed by atoms with Crippen molar-refractivity contribution >= 4 is 6.03 Å². The molecule has 6 nitrogen and oxygen atoms in total. The predicted molar refractivity (Wildman–Crippen MR) is 116 cm³/mol. The summed E-state index contributed by atoms with van der Waals surface area (Å²) in [5, 5.41) is 12.4. The van der Waals surface area contributed by atoms with E-state index in [0.717, 1.165) is 16.7 Å². The molecule has 0 aliphatic carbocycles. The summed E-state index contributed by atoms with van der Waals surface area (Å²) in [6.45, 7) is 1.21. The lowest BCUT2D eigenvalue weighted by Crippen LogP contribution is -2.36. The Morgan fingerprint density at radius 3 is 2.43 bits per heavy atom. The fraction of sp³-hybridized carbons (Fsp3) is 0.208. The normalized spacial score (nSPS) is 10.3. The first kappa shape index (κ1) is 21.0. The summed E-state index contributed by atoms with van der Waals surface area (Å²) in [4.78, 5) is 14.0. The van der Waals surface area contributed by atoms with E-state index in [1.807, 2.05) is 54.6 Å². The summed E-state index contributed by atoms with van der Waals surface area (Å²) in [5.74, 6) is 1.45. The Balaban J connectivity index is 1.56. The summed E-state index contributed by atoms with van der Waals surface area (Å²) in [5.41, 5.74) is 2.83. The molecule has 0 radical (unpaired) electrons. The van der Waals surface area contributed by atoms with E-state index in [1.165, 1.54) is 0 Å². The molecule has 30 heavy (non-hydrogen) atoms. The van der Waals surface area contributed by atoms with Crippen molar-refractivity contribution < 1.29 is 19.4 Å². The Labute approximate surface area is 176 Å². The molecular weight excluding hydrogens is 380 g/mol. The molecule has 0 aromatic heterocycles. The van der Waals surface area contributed by atoms with Crippen molar-refractivity contribution in [2.45, 2.75) is 19.7 Å². The van der Waals surface area contributed by atoms with Crippen molar-refractivity contribution in [1.29, 1.82) is 0 Å². The Morgan fingerprint density at radius 1 is 0.933 bits per heavy atom. The van der Waals surface area contributed by atoms with E-state index in [4.69, 9.17) is 9.47 Å². The van der Waals surface area contributed by atoms with Crippen molar-refractivity contribution in [3.63, 3.8) is 0 Å². The summed E-state index contributed by atoms with van der Waals surface area (Å²) in [6, 6.07) is 22.2. The second-order valence-electron chi connectivity index (χ2n) is 6.94. The van der Waals surface area contributed by atoms with Gasteiger partial charge in [0.15, 0.2) is 11.5 Å². The lowest BCUT2D eigenvalue weighted by molar-refractivity contribution is 0.206. The molecule has 3 aromatic rings. The first-order chi connectivity index (χ1) is 14.5. The quantitative estimate of drug-likeness (QED) is 0.584. The molecule has 6 heteroatoms. The smallest absolute Gasteiger partial charge is 0.317 e. The first-order valence-corrected chi connectivity index (χ1v) is 9.65. The van der Waals surface area contributed by atoms with Crippen LogP contribution in [0.25, 0.3) is 0 Å². The van der Waals surface area contributed by atoms with Crippen LogP contribution >= 0.6 is 0 Å². The van der Waals surface area contributed by atoms with E-state index < -0.39 is 0 Å². The van der Waals surface area contributed by atoms with Crippen molar-refractivity contribution in [2.75, 3.05) is 14.2 Å². The minimum atomic E-state index is -0.207. The molecule has 3 rings (SSSR count). The molecule has 0 saturated heterocycles. The molecule has 0 atom stereocenters. The minimum Gasteiger partial charge on any atom is -0.508 e. The minimum absolute atomic E-state index is 0.178. The number of phenols is 1. The van der Waals surface area contributed by atoms with Crippen LogP contribution in [0.4, 0.5) is 4.79 Å². The Kier molecular flexibility index (Phi) is 7.16. The zero-order chi connectivity index (χ0) is 21.3. The van der Waals surface area contributed by atoms with Gasteiger partial charge in [-0.25, -0.2) is 4.79 Å². The van der Waals surface area contributed by atoms with Gasteiger partial charge in [0.2, 0.25) is 0 Å². The van der Waals surface area contributed by atoms with E-state index in [1.54, 1.807) is 37.3 Å². The molecule has 0 unspecified atom stereocenters. The average Bonchev–Trinajstić information content (AvgIpc) is 2.77. The monoisotopic (exact) mass is 406 g/mol. The van der Waals surface area contributed by atoms with Gasteiger partial charge in [-0.1, -0.05) is 48.5 Å². The second-order valence-corrected chi connectivity index (χ2v) is 6.94. The van der Waals surface area contributed by atoms with Crippen molar-refractivity contribution in [1.82, 2.24) is 10.2 Å². The predicted octanol–water partition coefficient (Wildman–Crippen LogP) is 4.32. The SMILES string of the molecule is COc1cc(CN(C)C(=O)NCc2cccc(O)c2)ccc1OCc1ccccc1. The number of benzene rings is 3. The molecule has 0 saturated carbocycles. The first-order valence-electron chi connectivity index (χ1n) is 9.65. The van der Waals surface area contributed by atoms with Crippen LogP contribution in [0.3, 0.4) is 0 Å². The highest BCUT2D eigenvalue weighted by molar-refractivity contribution is 5.73. The van der Waals surface area contributed by atoms with Gasteiger partial charge in [-0.3, -0.25) is 0 Å². The molecule has 0 bridgehead atoms. The third-order valence-corrected chi connectivity index (χ3v) is 4.59. The number of nitrogens with one attached hydrogen (secondary N) is 1. The van der Waals surface area contributed by atoms with Crippen LogP contribution in [-0.2, 0) is 19.7 Å². The topological polar surface area (TPSA) is 71.0 Å². The van der Waals surface area contributed by atoms with Gasteiger partial charge in [0.1, 0.15) is 12.4 Å². The van der Waals surface area contributed by atoms with E-state index >= 15 is 0 Å². The van der Waals surface area contributed by atoms with Crippen LogP contribution in [0.2, 0.25) is 0 Å². The van der Waals surface area contributed by atoms with E-state index in [9.17, 15) is 9.90 Å². The number of carbonyl (C=O) groups is 1. The van der Waals surface area contributed by atoms with Gasteiger partial charge in [-0.2, -0.15) is 0 Å². The summed E-state index contributed by atoms with van der Waals surface area (Å²) < 4.78 is 11.3. The lowest BCUT2D eigenvalue weighted by Gasteiger charge is -2.19. The molecule has 0 aliphatic rings. The molecule has 0 fully saturated rings. The number of methoxy groups -OCH3 is 1. The van der Waals surface area contributed by atoms with Crippen molar-refractivity contribution in [3.05, 3.63) is 89.5 Å². The van der Waals surface area contributed by atoms with E-state index in [2.05, 4.69) is 5.32 Å². The number of urea groups is 1. The highest BCUT2D eigenvalue weighted by Gasteiger charge is 2.12. The summed E-state index contributed by atoms with van der Waals surface area (Å²) in [6.07, 6.45) is 0. The number of ether oxygens (including phenoxy) is 2. The number of nitrogens with zero attached hydrogens (tertiary/aromatic N) is 1. The van der Waals surface area contributed by atoms with Gasteiger partial charge < -0.3 is 24.8 Å². The maximum Gasteiger partial charge on any atom is 0.317 e. The maximum atomic E-state index is 12.4. The second kappa shape index (κ2) is 10.2. The highest BCUT2D eigenvalue weighted by Crippen LogP contribution is 2.29. The van der Waals surface area contributed by atoms with E-state index in [0.29, 0.717) is 31.2 Å². The number of hydrogen-bond donors (Lipinski definition) is 2. The van der Waals surface area contributed by atoms with Crippen LogP contribution in [-0.4, -0.2) is 30.2 Å². The molecule has 156 valence electrons. The number of phenolic OH excluding ortho intramolecular Hbond substituents is 1. The van der Waals surface area contributed by atoms with Crippen molar-refractivity contribution in [2.24, 2.45) is 0 Å². The van der Waals surface area contributed by atoms with Gasteiger partial charge in [0.25, 0.3) is 0 Å². The van der Waals surface area contributed by atoms with Crippen LogP contribution in [0.5, 0.6) is 17.2 Å².